The molecule has 1 rings (SSSR count). The maximum atomic E-state index is 11.0. The van der Waals surface area contributed by atoms with E-state index in [2.05, 4.69) is 10.1 Å². The Balaban J connectivity index is 2.47. The van der Waals surface area contributed by atoms with Crippen LogP contribution in [0.4, 0.5) is 5.69 Å². The molecule has 1 aromatic carbocycles. The van der Waals surface area contributed by atoms with Crippen molar-refractivity contribution in [3.8, 4) is 0 Å². The summed E-state index contributed by atoms with van der Waals surface area (Å²) >= 11 is 0. The molecule has 1 atom stereocenters. The number of benzene rings is 1. The minimum absolute atomic E-state index is 0.246. The summed E-state index contributed by atoms with van der Waals surface area (Å²) in [6.07, 6.45) is -0.527. The standard InChI is InChI=1S/C12H17NO4/c1-17-12(16)6-9-2-4-10(5-3-9)13-7-11(15)8-14/h2-5,11,13-15H,6-8H2,1H3. The van der Waals surface area contributed by atoms with Crippen LogP contribution in [-0.4, -0.2) is 42.5 Å². The van der Waals surface area contributed by atoms with E-state index in [-0.39, 0.29) is 25.5 Å². The molecule has 0 bridgehead atoms. The molecule has 5 heteroatoms. The summed E-state index contributed by atoms with van der Waals surface area (Å²) in [7, 11) is 1.36. The van der Waals surface area contributed by atoms with Gasteiger partial charge in [0.25, 0.3) is 0 Å². The largest absolute Gasteiger partial charge is 0.469 e. The molecule has 0 fully saturated rings. The van der Waals surface area contributed by atoms with Gasteiger partial charge in [0.2, 0.25) is 0 Å². The van der Waals surface area contributed by atoms with Gasteiger partial charge < -0.3 is 20.3 Å². The first-order valence-electron chi connectivity index (χ1n) is 5.34. The molecule has 0 aliphatic heterocycles. The summed E-state index contributed by atoms with van der Waals surface area (Å²) in [6.45, 7) is 0.0142. The molecule has 0 spiro atoms. The molecule has 0 saturated carbocycles. The highest BCUT2D eigenvalue weighted by atomic mass is 16.5. The van der Waals surface area contributed by atoms with Crippen molar-refractivity contribution in [1.82, 2.24) is 0 Å². The lowest BCUT2D eigenvalue weighted by Gasteiger charge is -2.10. The topological polar surface area (TPSA) is 78.8 Å². The van der Waals surface area contributed by atoms with Gasteiger partial charge in [-0.25, -0.2) is 0 Å². The fourth-order valence-electron chi connectivity index (χ4n) is 1.28. The third kappa shape index (κ3) is 4.84. The minimum Gasteiger partial charge on any atom is -0.469 e. The van der Waals surface area contributed by atoms with Gasteiger partial charge >= 0.3 is 5.97 Å². The minimum atomic E-state index is -0.773. The third-order valence-corrected chi connectivity index (χ3v) is 2.28. The molecule has 0 amide bonds. The van der Waals surface area contributed by atoms with E-state index in [0.29, 0.717) is 0 Å². The maximum Gasteiger partial charge on any atom is 0.309 e. The number of aliphatic hydroxyl groups is 2. The first kappa shape index (κ1) is 13.5. The summed E-state index contributed by atoms with van der Waals surface area (Å²) in [4.78, 5) is 11.0. The highest BCUT2D eigenvalue weighted by molar-refractivity contribution is 5.72. The zero-order valence-corrected chi connectivity index (χ0v) is 9.72. The van der Waals surface area contributed by atoms with E-state index in [1.807, 2.05) is 24.3 Å². The zero-order valence-electron chi connectivity index (χ0n) is 9.72. The second kappa shape index (κ2) is 6.88. The number of nitrogens with one attached hydrogen (secondary N) is 1. The van der Waals surface area contributed by atoms with Gasteiger partial charge in [-0.15, -0.1) is 0 Å². The van der Waals surface area contributed by atoms with E-state index in [1.165, 1.54) is 7.11 Å². The van der Waals surface area contributed by atoms with E-state index < -0.39 is 6.10 Å². The number of anilines is 1. The van der Waals surface area contributed by atoms with Crippen molar-refractivity contribution in [3.05, 3.63) is 29.8 Å². The summed E-state index contributed by atoms with van der Waals surface area (Å²) in [5.41, 5.74) is 1.69. The fourth-order valence-corrected chi connectivity index (χ4v) is 1.28. The van der Waals surface area contributed by atoms with Gasteiger partial charge in [-0.2, -0.15) is 0 Å². The number of rotatable bonds is 6. The van der Waals surface area contributed by atoms with E-state index in [1.54, 1.807) is 0 Å². The lowest BCUT2D eigenvalue weighted by atomic mass is 10.1. The van der Waals surface area contributed by atoms with Crippen LogP contribution in [0.1, 0.15) is 5.56 Å². The van der Waals surface area contributed by atoms with Crippen molar-refractivity contribution in [2.75, 3.05) is 25.6 Å². The number of carbonyl (C=O) groups is 1. The Hall–Kier alpha value is -1.59. The molecule has 0 saturated heterocycles. The molecule has 0 heterocycles. The molecule has 0 aromatic heterocycles. The molecule has 1 unspecified atom stereocenters. The smallest absolute Gasteiger partial charge is 0.309 e. The van der Waals surface area contributed by atoms with Crippen molar-refractivity contribution in [2.45, 2.75) is 12.5 Å². The second-order valence-electron chi connectivity index (χ2n) is 3.67. The quantitative estimate of drug-likeness (QED) is 0.617. The summed E-state index contributed by atoms with van der Waals surface area (Å²) < 4.78 is 4.56. The van der Waals surface area contributed by atoms with Gasteiger partial charge in [0.15, 0.2) is 0 Å². The number of aliphatic hydroxyl groups excluding tert-OH is 2. The number of hydrogen-bond acceptors (Lipinski definition) is 5. The van der Waals surface area contributed by atoms with E-state index in [4.69, 9.17) is 10.2 Å². The van der Waals surface area contributed by atoms with Gasteiger partial charge in [0.05, 0.1) is 26.2 Å². The number of carbonyl (C=O) groups excluding carboxylic acids is 1. The van der Waals surface area contributed by atoms with Crippen LogP contribution in [0.3, 0.4) is 0 Å². The van der Waals surface area contributed by atoms with Crippen LogP contribution in [0.25, 0.3) is 0 Å². The number of methoxy groups -OCH3 is 1. The summed E-state index contributed by atoms with van der Waals surface area (Å²) in [5.74, 6) is -0.276. The Kier molecular flexibility index (Phi) is 5.45. The number of esters is 1. The lowest BCUT2D eigenvalue weighted by molar-refractivity contribution is -0.139. The number of ether oxygens (including phenoxy) is 1. The van der Waals surface area contributed by atoms with Gasteiger partial charge in [-0.1, -0.05) is 12.1 Å². The Morgan fingerprint density at radius 1 is 1.41 bits per heavy atom. The first-order valence-corrected chi connectivity index (χ1v) is 5.34. The van der Waals surface area contributed by atoms with Crippen LogP contribution in [0.2, 0.25) is 0 Å². The Morgan fingerprint density at radius 3 is 2.59 bits per heavy atom. The van der Waals surface area contributed by atoms with Gasteiger partial charge in [-0.05, 0) is 17.7 Å². The van der Waals surface area contributed by atoms with Crippen molar-refractivity contribution in [1.29, 1.82) is 0 Å². The monoisotopic (exact) mass is 239 g/mol. The fraction of sp³-hybridized carbons (Fsp3) is 0.417. The molecule has 0 aliphatic carbocycles. The highest BCUT2D eigenvalue weighted by Gasteiger charge is 2.03. The highest BCUT2D eigenvalue weighted by Crippen LogP contribution is 2.10. The predicted molar refractivity (Wildman–Crippen MR) is 63.7 cm³/mol. The molecule has 94 valence electrons. The molecule has 0 radical (unpaired) electrons. The Morgan fingerprint density at radius 2 is 2.06 bits per heavy atom. The van der Waals surface area contributed by atoms with Crippen LogP contribution in [-0.2, 0) is 16.0 Å². The summed E-state index contributed by atoms with van der Waals surface area (Å²) in [5, 5.41) is 20.8. The number of hydrogen-bond donors (Lipinski definition) is 3. The summed E-state index contributed by atoms with van der Waals surface area (Å²) in [6, 6.07) is 7.24. The second-order valence-corrected chi connectivity index (χ2v) is 3.67. The first-order chi connectivity index (χ1) is 8.15. The van der Waals surface area contributed by atoms with E-state index >= 15 is 0 Å². The third-order valence-electron chi connectivity index (χ3n) is 2.28. The predicted octanol–water partition coefficient (Wildman–Crippen LogP) is 0.167. The van der Waals surface area contributed by atoms with Gasteiger partial charge in [0.1, 0.15) is 0 Å². The van der Waals surface area contributed by atoms with Crippen LogP contribution in [0, 0.1) is 0 Å². The Labute approximate surface area is 100 Å². The SMILES string of the molecule is COC(=O)Cc1ccc(NCC(O)CO)cc1. The maximum absolute atomic E-state index is 11.0. The molecule has 1 aromatic rings. The van der Waals surface area contributed by atoms with Gasteiger partial charge in [0, 0.05) is 12.2 Å². The van der Waals surface area contributed by atoms with Crippen molar-refractivity contribution < 1.29 is 19.7 Å². The molecular formula is C12H17NO4. The van der Waals surface area contributed by atoms with Crippen LogP contribution in [0.15, 0.2) is 24.3 Å². The van der Waals surface area contributed by atoms with Crippen molar-refractivity contribution in [3.63, 3.8) is 0 Å². The van der Waals surface area contributed by atoms with Crippen LogP contribution in [0.5, 0.6) is 0 Å². The lowest BCUT2D eigenvalue weighted by Crippen LogP contribution is -2.22. The van der Waals surface area contributed by atoms with Crippen molar-refractivity contribution in [2.24, 2.45) is 0 Å². The van der Waals surface area contributed by atoms with E-state index in [9.17, 15) is 4.79 Å². The van der Waals surface area contributed by atoms with Crippen LogP contribution < -0.4 is 5.32 Å². The molecular weight excluding hydrogens is 222 g/mol. The normalized spacial score (nSPS) is 11.9. The van der Waals surface area contributed by atoms with Gasteiger partial charge in [-0.3, -0.25) is 4.79 Å². The Bertz CT molecular complexity index is 350. The molecule has 5 nitrogen and oxygen atoms in total. The zero-order chi connectivity index (χ0) is 12.7. The van der Waals surface area contributed by atoms with E-state index in [0.717, 1.165) is 11.3 Å². The van der Waals surface area contributed by atoms with Crippen LogP contribution >= 0.6 is 0 Å². The molecule has 3 N–H and O–H groups in total. The average molecular weight is 239 g/mol. The molecule has 0 aliphatic rings. The average Bonchev–Trinajstić information content (AvgIpc) is 2.37. The van der Waals surface area contributed by atoms with Crippen molar-refractivity contribution >= 4 is 11.7 Å². The molecule has 17 heavy (non-hydrogen) atoms.